The molecule has 1 N–H and O–H groups in total. The van der Waals surface area contributed by atoms with Crippen molar-refractivity contribution in [2.24, 2.45) is 0 Å². The van der Waals surface area contributed by atoms with Crippen molar-refractivity contribution in [2.75, 3.05) is 11.9 Å². The molecule has 0 aromatic heterocycles. The lowest BCUT2D eigenvalue weighted by Crippen LogP contribution is -2.32. The third-order valence-corrected chi connectivity index (χ3v) is 4.54. The van der Waals surface area contributed by atoms with Gasteiger partial charge in [0, 0.05) is 5.69 Å². The summed E-state index contributed by atoms with van der Waals surface area (Å²) in [6, 6.07) is 12.5. The molecule has 1 atom stereocenters. The van der Waals surface area contributed by atoms with Gasteiger partial charge in [-0.2, -0.15) is 0 Å². The predicted octanol–water partition coefficient (Wildman–Crippen LogP) is 5.06. The van der Waals surface area contributed by atoms with E-state index in [1.54, 1.807) is 24.3 Å². The van der Waals surface area contributed by atoms with E-state index >= 15 is 0 Å². The molecule has 2 aromatic rings. The molecule has 2 aromatic carbocycles. The minimum Gasteiger partial charge on any atom is -0.481 e. The van der Waals surface area contributed by atoms with E-state index in [1.165, 1.54) is 5.56 Å². The number of benzene rings is 2. The fraction of sp³-hybridized carbons (Fsp3) is 0.391. The number of rotatable bonds is 9. The number of amides is 1. The van der Waals surface area contributed by atoms with Crippen molar-refractivity contribution in [3.05, 3.63) is 59.2 Å². The van der Waals surface area contributed by atoms with Gasteiger partial charge in [-0.3, -0.25) is 4.79 Å². The monoisotopic (exact) mass is 383 g/mol. The van der Waals surface area contributed by atoms with Gasteiger partial charge in [-0.1, -0.05) is 26.3 Å². The van der Waals surface area contributed by atoms with Crippen LogP contribution in [-0.4, -0.2) is 24.6 Å². The van der Waals surface area contributed by atoms with E-state index in [2.05, 4.69) is 5.32 Å². The number of hydrogen-bond acceptors (Lipinski definition) is 4. The van der Waals surface area contributed by atoms with Gasteiger partial charge in [0.1, 0.15) is 5.75 Å². The summed E-state index contributed by atoms with van der Waals surface area (Å²) in [6.45, 7) is 8.41. The van der Waals surface area contributed by atoms with Crippen LogP contribution in [0.3, 0.4) is 0 Å². The molecule has 0 bridgehead atoms. The average Bonchev–Trinajstić information content (AvgIpc) is 2.69. The first kappa shape index (κ1) is 21.5. The maximum atomic E-state index is 12.6. The number of carbonyl (C=O) groups is 2. The van der Waals surface area contributed by atoms with Crippen LogP contribution >= 0.6 is 0 Å². The number of ether oxygens (including phenoxy) is 2. The SMILES string of the molecule is CCCCOC(=O)c1ccc(NC(=O)[C@H](CC)Oc2ccc(C)c(C)c2)cc1. The minimum absolute atomic E-state index is 0.223. The van der Waals surface area contributed by atoms with Crippen LogP contribution in [0.1, 0.15) is 54.6 Å². The molecule has 150 valence electrons. The van der Waals surface area contributed by atoms with Crippen LogP contribution in [0.4, 0.5) is 5.69 Å². The van der Waals surface area contributed by atoms with Gasteiger partial charge < -0.3 is 14.8 Å². The summed E-state index contributed by atoms with van der Waals surface area (Å²) in [5.41, 5.74) is 3.37. The first-order valence-corrected chi connectivity index (χ1v) is 9.76. The maximum Gasteiger partial charge on any atom is 0.338 e. The van der Waals surface area contributed by atoms with Gasteiger partial charge >= 0.3 is 5.97 Å². The molecular weight excluding hydrogens is 354 g/mol. The largest absolute Gasteiger partial charge is 0.481 e. The summed E-state index contributed by atoms with van der Waals surface area (Å²) >= 11 is 0. The quantitative estimate of drug-likeness (QED) is 0.486. The van der Waals surface area contributed by atoms with Gasteiger partial charge in [0.2, 0.25) is 0 Å². The fourth-order valence-electron chi connectivity index (χ4n) is 2.58. The van der Waals surface area contributed by atoms with Crippen LogP contribution in [0.2, 0.25) is 0 Å². The molecule has 0 unspecified atom stereocenters. The molecular formula is C23H29NO4. The zero-order valence-corrected chi connectivity index (χ0v) is 17.1. The highest BCUT2D eigenvalue weighted by Gasteiger charge is 2.19. The summed E-state index contributed by atoms with van der Waals surface area (Å²) in [7, 11) is 0. The Kier molecular flexibility index (Phi) is 8.05. The molecule has 0 heterocycles. The van der Waals surface area contributed by atoms with Gasteiger partial charge in [0.05, 0.1) is 12.2 Å². The standard InChI is InChI=1S/C23H29NO4/c1-5-7-14-27-23(26)18-9-11-19(12-10-18)24-22(25)21(6-2)28-20-13-8-16(3)17(4)15-20/h8-13,15,21H,5-7,14H2,1-4H3,(H,24,25)/t21-/m0/s1. The smallest absolute Gasteiger partial charge is 0.338 e. The Hall–Kier alpha value is -2.82. The van der Waals surface area contributed by atoms with E-state index in [0.29, 0.717) is 30.0 Å². The van der Waals surface area contributed by atoms with Crippen LogP contribution in [0.15, 0.2) is 42.5 Å². The Balaban J connectivity index is 1.96. The first-order valence-electron chi connectivity index (χ1n) is 9.76. The maximum absolute atomic E-state index is 12.6. The predicted molar refractivity (Wildman–Crippen MR) is 111 cm³/mol. The van der Waals surface area contributed by atoms with E-state index in [1.807, 2.05) is 45.9 Å². The number of unbranched alkanes of at least 4 members (excludes halogenated alkanes) is 1. The summed E-state index contributed by atoms with van der Waals surface area (Å²) in [5.74, 6) is 0.102. The number of nitrogens with one attached hydrogen (secondary N) is 1. The summed E-state index contributed by atoms with van der Waals surface area (Å²) in [5, 5.41) is 2.84. The normalized spacial score (nSPS) is 11.6. The summed E-state index contributed by atoms with van der Waals surface area (Å²) in [6.07, 6.45) is 1.77. The zero-order valence-electron chi connectivity index (χ0n) is 17.1. The van der Waals surface area contributed by atoms with Crippen LogP contribution in [-0.2, 0) is 9.53 Å². The highest BCUT2D eigenvalue weighted by molar-refractivity contribution is 5.95. The van der Waals surface area contributed by atoms with Crippen LogP contribution in [0, 0.1) is 13.8 Å². The molecule has 0 aliphatic carbocycles. The molecule has 0 radical (unpaired) electrons. The highest BCUT2D eigenvalue weighted by atomic mass is 16.5. The van der Waals surface area contributed by atoms with Gasteiger partial charge in [-0.05, 0) is 74.2 Å². The van der Waals surface area contributed by atoms with E-state index in [-0.39, 0.29) is 11.9 Å². The molecule has 0 spiro atoms. The molecule has 5 heteroatoms. The summed E-state index contributed by atoms with van der Waals surface area (Å²) in [4.78, 5) is 24.5. The van der Waals surface area contributed by atoms with E-state index < -0.39 is 6.10 Å². The van der Waals surface area contributed by atoms with Crippen molar-refractivity contribution in [2.45, 2.75) is 53.1 Å². The van der Waals surface area contributed by atoms with Crippen molar-refractivity contribution in [3.63, 3.8) is 0 Å². The molecule has 28 heavy (non-hydrogen) atoms. The number of carbonyl (C=O) groups excluding carboxylic acids is 2. The number of esters is 1. The van der Waals surface area contributed by atoms with Crippen molar-refractivity contribution in [3.8, 4) is 5.75 Å². The van der Waals surface area contributed by atoms with E-state index in [9.17, 15) is 9.59 Å². The lowest BCUT2D eigenvalue weighted by molar-refractivity contribution is -0.122. The van der Waals surface area contributed by atoms with E-state index in [4.69, 9.17) is 9.47 Å². The molecule has 2 rings (SSSR count). The fourth-order valence-corrected chi connectivity index (χ4v) is 2.58. The molecule has 0 saturated carbocycles. The molecule has 0 aliphatic rings. The minimum atomic E-state index is -0.596. The molecule has 1 amide bonds. The van der Waals surface area contributed by atoms with Gasteiger partial charge in [-0.25, -0.2) is 4.79 Å². The second-order valence-electron chi connectivity index (χ2n) is 6.82. The van der Waals surface area contributed by atoms with Crippen molar-refractivity contribution in [1.82, 2.24) is 0 Å². The van der Waals surface area contributed by atoms with Crippen molar-refractivity contribution >= 4 is 17.6 Å². The molecule has 0 fully saturated rings. The number of anilines is 1. The Bertz CT molecular complexity index is 799. The number of hydrogen-bond donors (Lipinski definition) is 1. The number of aryl methyl sites for hydroxylation is 2. The Labute approximate surface area is 167 Å². The summed E-state index contributed by atoms with van der Waals surface area (Å²) < 4.78 is 11.0. The van der Waals surface area contributed by atoms with Gasteiger partial charge in [-0.15, -0.1) is 0 Å². The second-order valence-corrected chi connectivity index (χ2v) is 6.82. The third-order valence-electron chi connectivity index (χ3n) is 4.54. The Morgan fingerprint density at radius 3 is 2.32 bits per heavy atom. The first-order chi connectivity index (χ1) is 13.4. The van der Waals surface area contributed by atoms with Gasteiger partial charge in [0.25, 0.3) is 5.91 Å². The van der Waals surface area contributed by atoms with Crippen molar-refractivity contribution < 1.29 is 19.1 Å². The van der Waals surface area contributed by atoms with Crippen molar-refractivity contribution in [1.29, 1.82) is 0 Å². The van der Waals surface area contributed by atoms with Gasteiger partial charge in [0.15, 0.2) is 6.10 Å². The van der Waals surface area contributed by atoms with Crippen LogP contribution in [0.5, 0.6) is 5.75 Å². The zero-order chi connectivity index (χ0) is 20.5. The highest BCUT2D eigenvalue weighted by Crippen LogP contribution is 2.19. The molecule has 0 saturated heterocycles. The second kappa shape index (κ2) is 10.5. The van der Waals surface area contributed by atoms with Crippen LogP contribution < -0.4 is 10.1 Å². The topological polar surface area (TPSA) is 64.6 Å². The third kappa shape index (κ3) is 6.12. The lowest BCUT2D eigenvalue weighted by Gasteiger charge is -2.18. The Morgan fingerprint density at radius 2 is 1.71 bits per heavy atom. The van der Waals surface area contributed by atoms with E-state index in [0.717, 1.165) is 18.4 Å². The Morgan fingerprint density at radius 1 is 1.00 bits per heavy atom. The molecule has 0 aliphatic heterocycles. The average molecular weight is 383 g/mol. The molecule has 5 nitrogen and oxygen atoms in total. The lowest BCUT2D eigenvalue weighted by atomic mass is 10.1. The van der Waals surface area contributed by atoms with Crippen LogP contribution in [0.25, 0.3) is 0 Å².